The second-order valence-electron chi connectivity index (χ2n) is 4.50. The lowest BCUT2D eigenvalue weighted by molar-refractivity contribution is 0.0696. The Morgan fingerprint density at radius 1 is 1.42 bits per heavy atom. The molecule has 0 spiro atoms. The monoisotopic (exact) mass is 286 g/mol. The van der Waals surface area contributed by atoms with Gasteiger partial charge in [-0.05, 0) is 39.2 Å². The average molecular weight is 286 g/mol. The van der Waals surface area contributed by atoms with Crippen LogP contribution in [-0.4, -0.2) is 51.1 Å². The topological polar surface area (TPSA) is 86.7 Å². The van der Waals surface area contributed by atoms with Gasteiger partial charge in [0.15, 0.2) is 0 Å². The largest absolute Gasteiger partial charge is 0.478 e. The Kier molecular flexibility index (Phi) is 5.04. The maximum absolute atomic E-state index is 12.0. The fraction of sp³-hybridized carbons (Fsp3) is 0.417. The van der Waals surface area contributed by atoms with Crippen molar-refractivity contribution in [3.05, 3.63) is 29.8 Å². The fourth-order valence-corrected chi connectivity index (χ4v) is 2.46. The molecule has 1 unspecified atom stereocenters. The summed E-state index contributed by atoms with van der Waals surface area (Å²) in [4.78, 5) is 12.7. The highest BCUT2D eigenvalue weighted by molar-refractivity contribution is 7.89. The van der Waals surface area contributed by atoms with Crippen molar-refractivity contribution in [3.8, 4) is 0 Å². The molecule has 0 radical (unpaired) electrons. The second-order valence-corrected chi connectivity index (χ2v) is 6.26. The number of carboxylic acids is 1. The summed E-state index contributed by atoms with van der Waals surface area (Å²) in [5, 5.41) is 8.84. The van der Waals surface area contributed by atoms with E-state index < -0.39 is 16.0 Å². The number of sulfonamides is 1. The molecule has 1 rings (SSSR count). The molecule has 2 N–H and O–H groups in total. The number of carbonyl (C=O) groups is 1. The van der Waals surface area contributed by atoms with Crippen molar-refractivity contribution < 1.29 is 18.3 Å². The Morgan fingerprint density at radius 3 is 2.58 bits per heavy atom. The van der Waals surface area contributed by atoms with Gasteiger partial charge < -0.3 is 10.0 Å². The van der Waals surface area contributed by atoms with E-state index in [1.807, 2.05) is 25.9 Å². The quantitative estimate of drug-likeness (QED) is 0.800. The third-order valence-electron chi connectivity index (χ3n) is 2.84. The molecular weight excluding hydrogens is 268 g/mol. The number of aromatic carboxylic acids is 1. The zero-order valence-electron chi connectivity index (χ0n) is 11.1. The molecule has 1 aromatic rings. The summed E-state index contributed by atoms with van der Waals surface area (Å²) in [7, 11) is 0.0175. The summed E-state index contributed by atoms with van der Waals surface area (Å²) in [6.07, 6.45) is 0. The van der Waals surface area contributed by atoms with Crippen LogP contribution in [0.5, 0.6) is 0 Å². The summed E-state index contributed by atoms with van der Waals surface area (Å²) >= 11 is 0. The third-order valence-corrected chi connectivity index (χ3v) is 4.26. The van der Waals surface area contributed by atoms with Crippen LogP contribution in [0.4, 0.5) is 0 Å². The number of benzene rings is 1. The number of hydrogen-bond donors (Lipinski definition) is 2. The van der Waals surface area contributed by atoms with E-state index >= 15 is 0 Å². The van der Waals surface area contributed by atoms with E-state index in [0.29, 0.717) is 0 Å². The fourth-order valence-electron chi connectivity index (χ4n) is 1.29. The molecular formula is C12H18N2O4S. The minimum absolute atomic E-state index is 0.0393. The van der Waals surface area contributed by atoms with Crippen molar-refractivity contribution in [2.75, 3.05) is 20.6 Å². The number of nitrogens with one attached hydrogen (secondary N) is 1. The van der Waals surface area contributed by atoms with Crippen LogP contribution >= 0.6 is 0 Å². The normalized spacial score (nSPS) is 13.5. The molecule has 0 fully saturated rings. The van der Waals surface area contributed by atoms with Crippen LogP contribution < -0.4 is 4.72 Å². The molecule has 0 heterocycles. The van der Waals surface area contributed by atoms with Gasteiger partial charge >= 0.3 is 5.97 Å². The predicted molar refractivity (Wildman–Crippen MR) is 71.7 cm³/mol. The van der Waals surface area contributed by atoms with E-state index in [4.69, 9.17) is 5.11 Å². The highest BCUT2D eigenvalue weighted by atomic mass is 32.2. The first-order valence-electron chi connectivity index (χ1n) is 5.73. The van der Waals surface area contributed by atoms with Crippen LogP contribution in [0.15, 0.2) is 29.2 Å². The van der Waals surface area contributed by atoms with Gasteiger partial charge in [0, 0.05) is 12.6 Å². The summed E-state index contributed by atoms with van der Waals surface area (Å²) in [6.45, 7) is 2.14. The molecule has 19 heavy (non-hydrogen) atoms. The molecule has 0 aliphatic heterocycles. The number of carboxylic acid groups (broad SMARTS) is 1. The first-order chi connectivity index (χ1) is 8.74. The van der Waals surface area contributed by atoms with Crippen molar-refractivity contribution in [2.24, 2.45) is 0 Å². The lowest BCUT2D eigenvalue weighted by atomic mass is 10.2. The number of rotatable bonds is 6. The van der Waals surface area contributed by atoms with Gasteiger partial charge in [0.1, 0.15) is 0 Å². The van der Waals surface area contributed by atoms with Gasteiger partial charge in [-0.25, -0.2) is 17.9 Å². The summed E-state index contributed by atoms with van der Waals surface area (Å²) < 4.78 is 26.5. The van der Waals surface area contributed by atoms with Crippen LogP contribution in [0.1, 0.15) is 17.3 Å². The highest BCUT2D eigenvalue weighted by Gasteiger charge is 2.17. The summed E-state index contributed by atoms with van der Waals surface area (Å²) in [5.74, 6) is -1.15. The van der Waals surface area contributed by atoms with Gasteiger partial charge in [-0.2, -0.15) is 0 Å². The molecule has 0 aromatic heterocycles. The van der Waals surface area contributed by atoms with Crippen LogP contribution in [0.25, 0.3) is 0 Å². The molecule has 0 aliphatic rings. The van der Waals surface area contributed by atoms with Gasteiger partial charge in [0.25, 0.3) is 0 Å². The van der Waals surface area contributed by atoms with Crippen LogP contribution in [-0.2, 0) is 10.0 Å². The molecule has 0 amide bonds. The Balaban J connectivity index is 2.89. The van der Waals surface area contributed by atoms with E-state index in [2.05, 4.69) is 4.72 Å². The Labute approximate surface area is 113 Å². The molecule has 0 saturated heterocycles. The third kappa shape index (κ3) is 4.30. The Hall–Kier alpha value is -1.44. The molecule has 0 saturated carbocycles. The van der Waals surface area contributed by atoms with E-state index in [-0.39, 0.29) is 23.0 Å². The smallest absolute Gasteiger partial charge is 0.335 e. The average Bonchev–Trinajstić information content (AvgIpc) is 2.36. The highest BCUT2D eigenvalue weighted by Crippen LogP contribution is 2.11. The van der Waals surface area contributed by atoms with Gasteiger partial charge in [-0.3, -0.25) is 0 Å². The Bertz CT molecular complexity index is 555. The van der Waals surface area contributed by atoms with Gasteiger partial charge in [0.05, 0.1) is 10.5 Å². The van der Waals surface area contributed by atoms with Crippen molar-refractivity contribution in [2.45, 2.75) is 17.9 Å². The van der Waals surface area contributed by atoms with E-state index in [1.54, 1.807) is 0 Å². The standard InChI is InChI=1S/C12H18N2O4S/c1-9(14(2)3)8-13-19(17,18)11-6-4-5-10(7-11)12(15)16/h4-7,9,13H,8H2,1-3H3,(H,15,16). The van der Waals surface area contributed by atoms with Crippen molar-refractivity contribution >= 4 is 16.0 Å². The maximum Gasteiger partial charge on any atom is 0.335 e. The van der Waals surface area contributed by atoms with Crippen molar-refractivity contribution in [1.82, 2.24) is 9.62 Å². The van der Waals surface area contributed by atoms with Crippen molar-refractivity contribution in [1.29, 1.82) is 0 Å². The predicted octanol–water partition coefficient (Wildman–Crippen LogP) is 0.613. The van der Waals surface area contributed by atoms with Crippen molar-refractivity contribution in [3.63, 3.8) is 0 Å². The minimum atomic E-state index is -3.68. The minimum Gasteiger partial charge on any atom is -0.478 e. The van der Waals surface area contributed by atoms with Crippen LogP contribution in [0.3, 0.4) is 0 Å². The van der Waals surface area contributed by atoms with E-state index in [1.165, 1.54) is 18.2 Å². The maximum atomic E-state index is 12.0. The molecule has 0 aliphatic carbocycles. The SMILES string of the molecule is CC(CNS(=O)(=O)c1cccc(C(=O)O)c1)N(C)C. The zero-order valence-corrected chi connectivity index (χ0v) is 11.9. The van der Waals surface area contributed by atoms with Gasteiger partial charge in [-0.15, -0.1) is 0 Å². The molecule has 6 nitrogen and oxygen atoms in total. The van der Waals surface area contributed by atoms with Crippen LogP contribution in [0.2, 0.25) is 0 Å². The first kappa shape index (κ1) is 15.6. The number of likely N-dealkylation sites (N-methyl/N-ethyl adjacent to an activating group) is 1. The lowest BCUT2D eigenvalue weighted by Crippen LogP contribution is -2.38. The lowest BCUT2D eigenvalue weighted by Gasteiger charge is -2.20. The Morgan fingerprint density at radius 2 is 2.05 bits per heavy atom. The summed E-state index contributed by atoms with van der Waals surface area (Å²) in [5.41, 5.74) is -0.0523. The van der Waals surface area contributed by atoms with Gasteiger partial charge in [-0.1, -0.05) is 6.07 Å². The number of hydrogen-bond acceptors (Lipinski definition) is 4. The molecule has 106 valence electrons. The zero-order chi connectivity index (χ0) is 14.6. The first-order valence-corrected chi connectivity index (χ1v) is 7.22. The second kappa shape index (κ2) is 6.14. The molecule has 7 heteroatoms. The van der Waals surface area contributed by atoms with E-state index in [0.717, 1.165) is 6.07 Å². The summed E-state index contributed by atoms with van der Waals surface area (Å²) in [6, 6.07) is 5.31. The molecule has 1 atom stereocenters. The number of nitrogens with zero attached hydrogens (tertiary/aromatic N) is 1. The van der Waals surface area contributed by atoms with E-state index in [9.17, 15) is 13.2 Å². The molecule has 0 bridgehead atoms. The van der Waals surface area contributed by atoms with Crippen LogP contribution in [0, 0.1) is 0 Å². The molecule has 1 aromatic carbocycles. The van der Waals surface area contributed by atoms with Gasteiger partial charge in [0.2, 0.25) is 10.0 Å².